The molecule has 1 N–H and O–H groups in total. The lowest BCUT2D eigenvalue weighted by Crippen LogP contribution is -2.48. The molecule has 0 saturated carbocycles. The molecule has 2 aromatic heterocycles. The summed E-state index contributed by atoms with van der Waals surface area (Å²) in [6.45, 7) is 11.8. The van der Waals surface area contributed by atoms with E-state index in [4.69, 9.17) is 0 Å². The SMILES string of the molecule is CCCCN1CCC(NC(=O)C2CCN(c3ncnc4sc(C)c(C)c34)CC2)CC1. The number of thiophene rings is 1. The van der Waals surface area contributed by atoms with Gasteiger partial charge in [0.15, 0.2) is 0 Å². The zero-order chi connectivity index (χ0) is 21.1. The summed E-state index contributed by atoms with van der Waals surface area (Å²) < 4.78 is 0. The van der Waals surface area contributed by atoms with E-state index in [1.165, 1.54) is 35.2 Å². The predicted molar refractivity (Wildman–Crippen MR) is 124 cm³/mol. The summed E-state index contributed by atoms with van der Waals surface area (Å²) in [5.41, 5.74) is 1.29. The quantitative estimate of drug-likeness (QED) is 0.754. The number of nitrogens with zero attached hydrogens (tertiary/aromatic N) is 4. The number of rotatable bonds is 6. The second-order valence-electron chi connectivity index (χ2n) is 8.90. The standard InChI is InChI=1S/C23H35N5OS/c1-4-5-10-27-11-8-19(9-12-27)26-22(29)18-6-13-28(14-7-18)21-20-16(2)17(3)30-23(20)25-15-24-21/h15,18-19H,4-14H2,1-3H3,(H,26,29). The average molecular weight is 430 g/mol. The number of unbranched alkanes of at least 4 members (excludes halogenated alkanes) is 1. The monoisotopic (exact) mass is 429 g/mol. The van der Waals surface area contributed by atoms with Crippen LogP contribution in [0.1, 0.15) is 55.9 Å². The molecule has 2 saturated heterocycles. The summed E-state index contributed by atoms with van der Waals surface area (Å²) in [5, 5.41) is 4.55. The number of carbonyl (C=O) groups excluding carboxylic acids is 1. The molecule has 2 aliphatic rings. The molecule has 4 rings (SSSR count). The first-order chi connectivity index (χ1) is 14.6. The minimum Gasteiger partial charge on any atom is -0.356 e. The van der Waals surface area contributed by atoms with Crippen LogP contribution in [0.5, 0.6) is 0 Å². The minimum absolute atomic E-state index is 0.127. The van der Waals surface area contributed by atoms with Crippen molar-refractivity contribution in [2.75, 3.05) is 37.6 Å². The van der Waals surface area contributed by atoms with Gasteiger partial charge in [-0.05, 0) is 58.1 Å². The Morgan fingerprint density at radius 1 is 1.13 bits per heavy atom. The van der Waals surface area contributed by atoms with Crippen LogP contribution in [0.15, 0.2) is 6.33 Å². The fraction of sp³-hybridized carbons (Fsp3) is 0.696. The molecule has 1 amide bonds. The first-order valence-electron chi connectivity index (χ1n) is 11.5. The Morgan fingerprint density at radius 3 is 2.57 bits per heavy atom. The van der Waals surface area contributed by atoms with Crippen molar-refractivity contribution in [2.24, 2.45) is 5.92 Å². The number of aryl methyl sites for hydroxylation is 2. The maximum absolute atomic E-state index is 12.9. The highest BCUT2D eigenvalue weighted by atomic mass is 32.1. The number of hydrogen-bond acceptors (Lipinski definition) is 6. The van der Waals surface area contributed by atoms with E-state index in [-0.39, 0.29) is 11.8 Å². The normalized spacial score (nSPS) is 19.5. The van der Waals surface area contributed by atoms with E-state index in [1.807, 2.05) is 0 Å². The molecule has 0 spiro atoms. The largest absolute Gasteiger partial charge is 0.356 e. The first-order valence-corrected chi connectivity index (χ1v) is 12.4. The van der Waals surface area contributed by atoms with Gasteiger partial charge in [0.25, 0.3) is 0 Å². The van der Waals surface area contributed by atoms with Gasteiger partial charge >= 0.3 is 0 Å². The van der Waals surface area contributed by atoms with E-state index in [1.54, 1.807) is 17.7 Å². The number of nitrogens with one attached hydrogen (secondary N) is 1. The van der Waals surface area contributed by atoms with Crippen molar-refractivity contribution in [1.82, 2.24) is 20.2 Å². The molecule has 0 radical (unpaired) electrons. The molecule has 4 heterocycles. The van der Waals surface area contributed by atoms with Crippen LogP contribution in [0.3, 0.4) is 0 Å². The first kappa shape index (κ1) is 21.5. The summed E-state index contributed by atoms with van der Waals surface area (Å²) in [4.78, 5) is 29.2. The third kappa shape index (κ3) is 4.62. The number of piperidine rings is 2. The van der Waals surface area contributed by atoms with Crippen LogP contribution in [-0.2, 0) is 4.79 Å². The number of amides is 1. The number of likely N-dealkylation sites (tertiary alicyclic amines) is 1. The lowest BCUT2D eigenvalue weighted by Gasteiger charge is -2.35. The smallest absolute Gasteiger partial charge is 0.223 e. The second kappa shape index (κ2) is 9.60. The van der Waals surface area contributed by atoms with Crippen molar-refractivity contribution in [3.8, 4) is 0 Å². The molecule has 0 aromatic carbocycles. The van der Waals surface area contributed by atoms with Crippen molar-refractivity contribution in [2.45, 2.75) is 65.3 Å². The average Bonchev–Trinajstić information content (AvgIpc) is 3.07. The minimum atomic E-state index is 0.127. The fourth-order valence-electron chi connectivity index (χ4n) is 4.76. The van der Waals surface area contributed by atoms with Gasteiger partial charge < -0.3 is 15.1 Å². The molecule has 2 fully saturated rings. The van der Waals surface area contributed by atoms with E-state index in [0.717, 1.165) is 62.5 Å². The van der Waals surface area contributed by atoms with E-state index in [0.29, 0.717) is 6.04 Å². The highest BCUT2D eigenvalue weighted by Gasteiger charge is 2.29. The lowest BCUT2D eigenvalue weighted by atomic mass is 9.94. The summed E-state index contributed by atoms with van der Waals surface area (Å²) in [5.74, 6) is 1.43. The Morgan fingerprint density at radius 2 is 1.87 bits per heavy atom. The van der Waals surface area contributed by atoms with Crippen LogP contribution in [0.25, 0.3) is 10.2 Å². The van der Waals surface area contributed by atoms with Crippen molar-refractivity contribution >= 4 is 33.3 Å². The van der Waals surface area contributed by atoms with Crippen LogP contribution in [0.2, 0.25) is 0 Å². The van der Waals surface area contributed by atoms with Crippen LogP contribution in [-0.4, -0.2) is 59.5 Å². The third-order valence-electron chi connectivity index (χ3n) is 6.87. The molecule has 2 aliphatic heterocycles. The maximum atomic E-state index is 12.9. The number of aromatic nitrogens is 2. The van der Waals surface area contributed by atoms with E-state index >= 15 is 0 Å². The van der Waals surface area contributed by atoms with Gasteiger partial charge in [-0.1, -0.05) is 13.3 Å². The lowest BCUT2D eigenvalue weighted by molar-refractivity contribution is -0.126. The number of hydrogen-bond donors (Lipinski definition) is 1. The summed E-state index contributed by atoms with van der Waals surface area (Å²) in [6, 6.07) is 0.353. The summed E-state index contributed by atoms with van der Waals surface area (Å²) in [6.07, 6.45) is 8.18. The van der Waals surface area contributed by atoms with E-state index in [2.05, 4.69) is 45.9 Å². The van der Waals surface area contributed by atoms with Gasteiger partial charge in [0.2, 0.25) is 5.91 Å². The van der Waals surface area contributed by atoms with Gasteiger partial charge in [0.05, 0.1) is 5.39 Å². The molecule has 30 heavy (non-hydrogen) atoms. The Labute approximate surface area is 184 Å². The molecule has 0 atom stereocenters. The second-order valence-corrected chi connectivity index (χ2v) is 10.1. The van der Waals surface area contributed by atoms with Crippen LogP contribution >= 0.6 is 11.3 Å². The van der Waals surface area contributed by atoms with Crippen LogP contribution in [0, 0.1) is 19.8 Å². The zero-order valence-electron chi connectivity index (χ0n) is 18.6. The molecular weight excluding hydrogens is 394 g/mol. The van der Waals surface area contributed by atoms with Gasteiger partial charge in [0.1, 0.15) is 17.0 Å². The van der Waals surface area contributed by atoms with Crippen molar-refractivity contribution < 1.29 is 4.79 Å². The maximum Gasteiger partial charge on any atom is 0.223 e. The van der Waals surface area contributed by atoms with Crippen molar-refractivity contribution in [3.63, 3.8) is 0 Å². The van der Waals surface area contributed by atoms with Crippen LogP contribution in [0.4, 0.5) is 5.82 Å². The van der Waals surface area contributed by atoms with Crippen LogP contribution < -0.4 is 10.2 Å². The number of fused-ring (bicyclic) bond motifs is 1. The van der Waals surface area contributed by atoms with Gasteiger partial charge in [-0.25, -0.2) is 9.97 Å². The molecule has 6 nitrogen and oxygen atoms in total. The number of carbonyl (C=O) groups is 1. The van der Waals surface area contributed by atoms with E-state index < -0.39 is 0 Å². The molecule has 164 valence electrons. The summed E-state index contributed by atoms with van der Waals surface area (Å²) in [7, 11) is 0. The summed E-state index contributed by atoms with van der Waals surface area (Å²) >= 11 is 1.74. The predicted octanol–water partition coefficient (Wildman–Crippen LogP) is 3.91. The molecule has 2 aromatic rings. The molecule has 0 bridgehead atoms. The Bertz CT molecular complexity index is 866. The Hall–Kier alpha value is -1.73. The highest BCUT2D eigenvalue weighted by molar-refractivity contribution is 7.18. The van der Waals surface area contributed by atoms with Gasteiger partial charge in [-0.3, -0.25) is 4.79 Å². The van der Waals surface area contributed by atoms with E-state index in [9.17, 15) is 4.79 Å². The van der Waals surface area contributed by atoms with Crippen molar-refractivity contribution in [1.29, 1.82) is 0 Å². The molecular formula is C23H35N5OS. The third-order valence-corrected chi connectivity index (χ3v) is 7.99. The van der Waals surface area contributed by atoms with Gasteiger partial charge in [-0.2, -0.15) is 0 Å². The van der Waals surface area contributed by atoms with Crippen molar-refractivity contribution in [3.05, 3.63) is 16.8 Å². The Balaban J connectivity index is 1.29. The van der Waals surface area contributed by atoms with Gasteiger partial charge in [-0.15, -0.1) is 11.3 Å². The molecule has 0 unspecified atom stereocenters. The Kier molecular flexibility index (Phi) is 6.88. The molecule has 7 heteroatoms. The van der Waals surface area contributed by atoms with Gasteiger partial charge in [0, 0.05) is 43.0 Å². The zero-order valence-corrected chi connectivity index (χ0v) is 19.4. The molecule has 0 aliphatic carbocycles. The number of anilines is 1. The fourth-order valence-corrected chi connectivity index (χ4v) is 5.75. The topological polar surface area (TPSA) is 61.4 Å². The highest BCUT2D eigenvalue weighted by Crippen LogP contribution is 2.35.